The summed E-state index contributed by atoms with van der Waals surface area (Å²) in [5.74, 6) is -1.93. The van der Waals surface area contributed by atoms with E-state index in [-0.39, 0.29) is 40.9 Å². The highest BCUT2D eigenvalue weighted by molar-refractivity contribution is 5.99. The number of ketones is 1. The van der Waals surface area contributed by atoms with Crippen LogP contribution in [-0.4, -0.2) is 44.7 Å². The Balaban J connectivity index is 1.37. The highest BCUT2D eigenvalue weighted by atomic mass is 16.5. The van der Waals surface area contributed by atoms with Gasteiger partial charge in [-0.3, -0.25) is 9.59 Å². The summed E-state index contributed by atoms with van der Waals surface area (Å²) in [6.07, 6.45) is 3.88. The molecule has 0 aromatic heterocycles. The molecule has 8 heteroatoms. The fraction of sp³-hybridized carbons (Fsp3) is 0.640. The van der Waals surface area contributed by atoms with Gasteiger partial charge in [-0.05, 0) is 62.0 Å². The molecule has 4 bridgehead atoms. The minimum absolute atomic E-state index is 0.00674. The molecule has 1 amide bonds. The van der Waals surface area contributed by atoms with Crippen molar-refractivity contribution in [2.75, 3.05) is 5.32 Å². The number of carboxylic acids is 1. The van der Waals surface area contributed by atoms with Gasteiger partial charge >= 0.3 is 5.97 Å². The van der Waals surface area contributed by atoms with Crippen LogP contribution in [0.3, 0.4) is 0 Å². The Bertz CT molecular complexity index is 1070. The number of carbonyl (C=O) groups excluding carboxylic acids is 2. The molecule has 6 rings (SSSR count). The fourth-order valence-electron chi connectivity index (χ4n) is 7.86. The number of hydrogen-bond donors (Lipinski definition) is 4. The molecule has 2 heterocycles. The van der Waals surface area contributed by atoms with Gasteiger partial charge in [0.2, 0.25) is 5.91 Å². The molecule has 5 fully saturated rings. The number of Topliss-reactive ketones (excluding diaryl/α,β-unsaturated/α-hetero) is 1. The Labute approximate surface area is 192 Å². The molecule has 178 valence electrons. The van der Waals surface area contributed by atoms with Crippen molar-refractivity contribution in [2.24, 2.45) is 28.6 Å². The highest BCUT2D eigenvalue weighted by Gasteiger charge is 2.74. The van der Waals surface area contributed by atoms with E-state index in [9.17, 15) is 29.7 Å². The number of anilines is 1. The molecule has 1 aromatic carbocycles. The second kappa shape index (κ2) is 6.95. The number of carbonyl (C=O) groups is 3. The van der Waals surface area contributed by atoms with Crippen LogP contribution >= 0.6 is 0 Å². The van der Waals surface area contributed by atoms with Crippen molar-refractivity contribution in [3.8, 4) is 11.5 Å². The lowest BCUT2D eigenvalue weighted by Gasteiger charge is -2.60. The van der Waals surface area contributed by atoms with Gasteiger partial charge in [-0.15, -0.1) is 0 Å². The summed E-state index contributed by atoms with van der Waals surface area (Å²) < 4.78 is 6.49. The van der Waals surface area contributed by atoms with Gasteiger partial charge in [-0.2, -0.15) is 0 Å². The second-order valence-corrected chi connectivity index (χ2v) is 11.1. The summed E-state index contributed by atoms with van der Waals surface area (Å²) in [6.45, 7) is 6.37. The number of phenols is 2. The summed E-state index contributed by atoms with van der Waals surface area (Å²) in [5.41, 5.74) is -1.49. The van der Waals surface area contributed by atoms with Gasteiger partial charge in [0.25, 0.3) is 0 Å². The summed E-state index contributed by atoms with van der Waals surface area (Å²) in [6, 6.07) is 2.18. The van der Waals surface area contributed by atoms with Gasteiger partial charge in [0.15, 0.2) is 5.75 Å². The van der Waals surface area contributed by atoms with E-state index in [0.29, 0.717) is 24.7 Å². The lowest BCUT2D eigenvalue weighted by molar-refractivity contribution is -0.204. The number of nitrogens with one attached hydrogen (secondary N) is 1. The lowest BCUT2D eigenvalue weighted by Crippen LogP contribution is -2.61. The number of benzene rings is 1. The third kappa shape index (κ3) is 2.95. The minimum Gasteiger partial charge on any atom is -0.506 e. The highest BCUT2D eigenvalue weighted by Crippen LogP contribution is 2.74. The minimum atomic E-state index is -1.37. The van der Waals surface area contributed by atoms with Crippen LogP contribution in [0.25, 0.3) is 0 Å². The van der Waals surface area contributed by atoms with Gasteiger partial charge in [0, 0.05) is 24.2 Å². The van der Waals surface area contributed by atoms with Crippen molar-refractivity contribution >= 4 is 23.3 Å². The van der Waals surface area contributed by atoms with Crippen molar-refractivity contribution in [1.29, 1.82) is 0 Å². The molecule has 2 aliphatic heterocycles. The second-order valence-electron chi connectivity index (χ2n) is 11.1. The third-order valence-electron chi connectivity index (χ3n) is 9.42. The van der Waals surface area contributed by atoms with Crippen LogP contribution in [0.1, 0.15) is 69.7 Å². The molecule has 7 atom stereocenters. The van der Waals surface area contributed by atoms with Gasteiger partial charge in [0.1, 0.15) is 22.8 Å². The first kappa shape index (κ1) is 22.2. The Hall–Kier alpha value is -2.61. The summed E-state index contributed by atoms with van der Waals surface area (Å²) in [4.78, 5) is 37.4. The smallest absolute Gasteiger partial charge is 0.339 e. The summed E-state index contributed by atoms with van der Waals surface area (Å²) in [7, 11) is 0. The van der Waals surface area contributed by atoms with Crippen LogP contribution in [-0.2, 0) is 14.3 Å². The molecule has 4 N–H and O–H groups in total. The topological polar surface area (TPSA) is 133 Å². The number of carboxylic acid groups (broad SMARTS) is 1. The monoisotopic (exact) mass is 457 g/mol. The predicted molar refractivity (Wildman–Crippen MR) is 118 cm³/mol. The Morgan fingerprint density at radius 1 is 1.24 bits per heavy atom. The van der Waals surface area contributed by atoms with Crippen molar-refractivity contribution < 1.29 is 34.4 Å². The van der Waals surface area contributed by atoms with E-state index in [0.717, 1.165) is 31.4 Å². The average Bonchev–Trinajstić information content (AvgIpc) is 3.10. The van der Waals surface area contributed by atoms with Gasteiger partial charge in [-0.1, -0.05) is 13.8 Å². The van der Waals surface area contributed by atoms with Crippen LogP contribution in [0.4, 0.5) is 5.69 Å². The first-order valence-electron chi connectivity index (χ1n) is 11.7. The van der Waals surface area contributed by atoms with E-state index in [2.05, 4.69) is 19.2 Å². The predicted octanol–water partition coefficient (Wildman–Crippen LogP) is 3.70. The van der Waals surface area contributed by atoms with Crippen molar-refractivity contribution in [3.63, 3.8) is 0 Å². The number of amides is 1. The number of aromatic carboxylic acids is 1. The van der Waals surface area contributed by atoms with Crippen LogP contribution in [0.15, 0.2) is 12.1 Å². The number of ether oxygens (including phenoxy) is 1. The average molecular weight is 458 g/mol. The van der Waals surface area contributed by atoms with E-state index < -0.39 is 34.4 Å². The molecule has 33 heavy (non-hydrogen) atoms. The Morgan fingerprint density at radius 3 is 2.64 bits per heavy atom. The molecule has 8 nitrogen and oxygen atoms in total. The van der Waals surface area contributed by atoms with E-state index in [1.165, 1.54) is 0 Å². The molecule has 5 aliphatic rings. The van der Waals surface area contributed by atoms with Crippen LogP contribution < -0.4 is 5.32 Å². The van der Waals surface area contributed by atoms with Crippen molar-refractivity contribution in [3.05, 3.63) is 17.7 Å². The Kier molecular flexibility index (Phi) is 4.67. The Morgan fingerprint density at radius 2 is 1.97 bits per heavy atom. The van der Waals surface area contributed by atoms with Crippen molar-refractivity contribution in [1.82, 2.24) is 0 Å². The molecule has 2 saturated heterocycles. The molecule has 0 radical (unpaired) electrons. The van der Waals surface area contributed by atoms with Crippen LogP contribution in [0.5, 0.6) is 11.5 Å². The number of hydrogen-bond acceptors (Lipinski definition) is 6. The van der Waals surface area contributed by atoms with E-state index in [1.807, 2.05) is 6.92 Å². The zero-order valence-electron chi connectivity index (χ0n) is 19.2. The van der Waals surface area contributed by atoms with Crippen molar-refractivity contribution in [2.45, 2.75) is 71.0 Å². The van der Waals surface area contributed by atoms with E-state index in [1.54, 1.807) is 0 Å². The molecular weight excluding hydrogens is 426 g/mol. The van der Waals surface area contributed by atoms with Crippen LogP contribution in [0.2, 0.25) is 0 Å². The largest absolute Gasteiger partial charge is 0.506 e. The van der Waals surface area contributed by atoms with Gasteiger partial charge in [-0.25, -0.2) is 4.79 Å². The maximum Gasteiger partial charge on any atom is 0.339 e. The molecule has 3 saturated carbocycles. The zero-order chi connectivity index (χ0) is 23.9. The fourth-order valence-corrected chi connectivity index (χ4v) is 7.86. The molecule has 1 aromatic rings. The van der Waals surface area contributed by atoms with Gasteiger partial charge < -0.3 is 25.4 Å². The molecule has 3 aliphatic carbocycles. The molecule has 1 spiro atoms. The number of rotatable bonds is 5. The maximum absolute atomic E-state index is 13.4. The van der Waals surface area contributed by atoms with E-state index in [4.69, 9.17) is 4.74 Å². The first-order valence-corrected chi connectivity index (χ1v) is 11.7. The third-order valence-corrected chi connectivity index (χ3v) is 9.42. The SMILES string of the molecule is CC1CC(=O)[C@@](C)(CCC(=O)Nc2c(O)ccc(C(=O)O)c2O)C2C3CC4CC12CC4(C)O3. The maximum atomic E-state index is 13.4. The number of aromatic hydroxyl groups is 2. The number of phenolic OH excluding ortho intramolecular Hbond substituents is 1. The first-order chi connectivity index (χ1) is 15.4. The summed E-state index contributed by atoms with van der Waals surface area (Å²) >= 11 is 0. The van der Waals surface area contributed by atoms with E-state index >= 15 is 0 Å². The molecular formula is C25H31NO7. The lowest BCUT2D eigenvalue weighted by atomic mass is 9.45. The summed E-state index contributed by atoms with van der Waals surface area (Å²) in [5, 5.41) is 31.8. The normalized spacial score (nSPS) is 40.6. The zero-order valence-corrected chi connectivity index (χ0v) is 19.2. The molecule has 6 unspecified atom stereocenters. The van der Waals surface area contributed by atoms with Gasteiger partial charge in [0.05, 0.1) is 11.7 Å². The van der Waals surface area contributed by atoms with Crippen LogP contribution in [0, 0.1) is 28.6 Å². The quantitative estimate of drug-likeness (QED) is 0.495. The standard InChI is InChI=1S/C25H31NO7/c1-12-8-17(28)23(2,21-16-9-13-10-25(12,21)11-24(13,3)33-16)7-6-18(29)26-19-15(27)5-4-14(20(19)30)22(31)32/h4-5,12-13,16,21,27,30H,6-11H2,1-3H3,(H,26,29)(H,31,32)/t12?,13?,16?,21?,23-,24?,25?/m1/s1.